The Morgan fingerprint density at radius 1 is 1.10 bits per heavy atom. The van der Waals surface area contributed by atoms with Gasteiger partial charge < -0.3 is 29.4 Å². The van der Waals surface area contributed by atoms with Gasteiger partial charge in [-0.15, -0.1) is 0 Å². The van der Waals surface area contributed by atoms with Crippen LogP contribution in [-0.4, -0.2) is 71.0 Å². The molecule has 2 heterocycles. The number of hydrogen-bond acceptors (Lipinski definition) is 10. The first kappa shape index (κ1) is 34.6. The first-order chi connectivity index (χ1) is 23.6. The second-order valence-electron chi connectivity index (χ2n) is 15.6. The van der Waals surface area contributed by atoms with Crippen molar-refractivity contribution >= 4 is 29.4 Å². The largest absolute Gasteiger partial charge is 0.458 e. The van der Waals surface area contributed by atoms with E-state index in [1.807, 2.05) is 33.8 Å². The molecular formula is C39H46FNO9. The molecule has 11 atom stereocenters. The van der Waals surface area contributed by atoms with Crippen LogP contribution in [0.5, 0.6) is 0 Å². The van der Waals surface area contributed by atoms with E-state index in [4.69, 9.17) is 18.9 Å². The number of halogens is 1. The van der Waals surface area contributed by atoms with Gasteiger partial charge in [0.05, 0.1) is 17.9 Å². The number of epoxide rings is 1. The Balaban J connectivity index is 1.15. The average Bonchev–Trinajstić information content (AvgIpc) is 3.76. The van der Waals surface area contributed by atoms with Crippen molar-refractivity contribution in [1.29, 1.82) is 0 Å². The average molecular weight is 692 g/mol. The first-order valence-corrected chi connectivity index (χ1v) is 17.7. The van der Waals surface area contributed by atoms with Crippen LogP contribution in [0.15, 0.2) is 59.2 Å². The van der Waals surface area contributed by atoms with Crippen LogP contribution in [0.25, 0.3) is 0 Å². The van der Waals surface area contributed by atoms with Crippen molar-refractivity contribution in [2.24, 2.45) is 28.6 Å². The normalized spacial score (nSPS) is 40.4. The summed E-state index contributed by atoms with van der Waals surface area (Å²) in [4.78, 5) is 52.4. The summed E-state index contributed by atoms with van der Waals surface area (Å²) in [5, 5.41) is 16.2. The Morgan fingerprint density at radius 2 is 1.82 bits per heavy atom. The highest BCUT2D eigenvalue weighted by Gasteiger charge is 2.83. The van der Waals surface area contributed by atoms with E-state index in [-0.39, 0.29) is 42.4 Å². The SMILES string of the molecule is CC(=O)O[C@H]1C=C([C@H](C)[C@H]2CC(C)=C(C)C(=O)O2)[C@@]2(C)CC[C@H]3[C@@H](C[C@H]4O[C@]45[C@@H](OC(=O)CCNc4ccc(F)cc4)C=CC(=O)[C@]35C)[C@@]12O. The number of hydrogen-bond donors (Lipinski definition) is 2. The zero-order valence-electron chi connectivity index (χ0n) is 29.4. The molecule has 1 spiro atoms. The lowest BCUT2D eigenvalue weighted by atomic mass is 9.42. The number of ketones is 1. The predicted octanol–water partition coefficient (Wildman–Crippen LogP) is 5.15. The molecule has 1 saturated heterocycles. The number of cyclic esters (lactones) is 1. The second-order valence-corrected chi connectivity index (χ2v) is 15.6. The van der Waals surface area contributed by atoms with Gasteiger partial charge in [-0.3, -0.25) is 14.4 Å². The molecule has 2 saturated carbocycles. The molecular weight excluding hydrogens is 645 g/mol. The Labute approximate surface area is 291 Å². The number of nitrogens with one attached hydrogen (secondary N) is 1. The molecule has 1 aromatic carbocycles. The Bertz CT molecular complexity index is 1730. The van der Waals surface area contributed by atoms with Crippen LogP contribution in [0.4, 0.5) is 10.1 Å². The summed E-state index contributed by atoms with van der Waals surface area (Å²) in [6.45, 7) is 11.1. The molecule has 1 aromatic rings. The summed E-state index contributed by atoms with van der Waals surface area (Å²) >= 11 is 0. The van der Waals surface area contributed by atoms with E-state index >= 15 is 0 Å². The van der Waals surface area contributed by atoms with E-state index < -0.39 is 64.3 Å². The fourth-order valence-corrected chi connectivity index (χ4v) is 10.3. The number of allylic oxidation sites excluding steroid dienone is 1. The third kappa shape index (κ3) is 4.86. The number of anilines is 1. The quantitative estimate of drug-likeness (QED) is 0.163. The standard InChI is InChI=1S/C39H46FNO9/c1-20-17-29(48-35(45)21(20)2)22(3)27-18-32(47-23(4)42)38(46)28-19-33-39(50-33)31(49-34(44)14-16-41-25-9-7-24(40)8-10-25)12-11-30(43)37(39,6)26(28)13-15-36(27,38)5/h7-12,18,22,26,28-29,31-33,41,46H,13-17,19H2,1-6H3/t22-,26-,28+,29+,31-,32-,33+,36+,37-,38+,39+/m0/s1. The topological polar surface area (TPSA) is 141 Å². The maximum atomic E-state index is 14.0. The van der Waals surface area contributed by atoms with Crippen molar-refractivity contribution in [3.63, 3.8) is 0 Å². The van der Waals surface area contributed by atoms with Crippen molar-refractivity contribution in [3.05, 3.63) is 65.0 Å². The molecule has 0 bridgehead atoms. The number of carbonyl (C=O) groups excluding carboxylic acids is 4. The van der Waals surface area contributed by atoms with Gasteiger partial charge in [-0.1, -0.05) is 25.0 Å². The van der Waals surface area contributed by atoms with E-state index in [0.29, 0.717) is 36.9 Å². The minimum absolute atomic E-state index is 0.0408. The molecule has 2 aliphatic heterocycles. The maximum Gasteiger partial charge on any atom is 0.333 e. The lowest BCUT2D eigenvalue weighted by molar-refractivity contribution is -0.225. The Morgan fingerprint density at radius 3 is 2.50 bits per heavy atom. The van der Waals surface area contributed by atoms with Crippen molar-refractivity contribution in [1.82, 2.24) is 0 Å². The number of rotatable bonds is 8. The molecule has 0 amide bonds. The monoisotopic (exact) mass is 691 g/mol. The lowest BCUT2D eigenvalue weighted by Crippen LogP contribution is -2.70. The molecule has 0 unspecified atom stereocenters. The Kier molecular flexibility index (Phi) is 8.22. The number of aliphatic hydroxyl groups is 1. The zero-order chi connectivity index (χ0) is 36.0. The number of esters is 3. The van der Waals surface area contributed by atoms with Crippen LogP contribution < -0.4 is 5.32 Å². The molecule has 10 nitrogen and oxygen atoms in total. The van der Waals surface area contributed by atoms with Crippen molar-refractivity contribution in [3.8, 4) is 0 Å². The third-order valence-electron chi connectivity index (χ3n) is 13.2. The molecule has 4 aliphatic carbocycles. The van der Waals surface area contributed by atoms with Gasteiger partial charge in [0.25, 0.3) is 0 Å². The van der Waals surface area contributed by atoms with Gasteiger partial charge >= 0.3 is 17.9 Å². The zero-order valence-corrected chi connectivity index (χ0v) is 29.4. The molecule has 3 fully saturated rings. The van der Waals surface area contributed by atoms with Crippen LogP contribution >= 0.6 is 0 Å². The van der Waals surface area contributed by atoms with Crippen molar-refractivity contribution in [2.45, 2.75) is 109 Å². The van der Waals surface area contributed by atoms with Gasteiger partial charge in [-0.25, -0.2) is 9.18 Å². The highest BCUT2D eigenvalue weighted by atomic mass is 19.1. The van der Waals surface area contributed by atoms with Crippen molar-refractivity contribution < 1.29 is 47.6 Å². The third-order valence-corrected chi connectivity index (χ3v) is 13.2. The van der Waals surface area contributed by atoms with E-state index in [1.54, 1.807) is 25.1 Å². The van der Waals surface area contributed by atoms with Gasteiger partial charge in [-0.05, 0) is 94.4 Å². The van der Waals surface area contributed by atoms with Crippen LogP contribution in [-0.2, 0) is 38.1 Å². The number of fused-ring (bicyclic) bond motifs is 4. The first-order valence-electron chi connectivity index (χ1n) is 17.7. The number of ether oxygens (including phenoxy) is 4. The summed E-state index contributed by atoms with van der Waals surface area (Å²) in [7, 11) is 0. The summed E-state index contributed by atoms with van der Waals surface area (Å²) in [5.74, 6) is -3.00. The summed E-state index contributed by atoms with van der Waals surface area (Å²) in [5.41, 5.74) is -1.52. The van der Waals surface area contributed by atoms with Crippen LogP contribution in [0.2, 0.25) is 0 Å². The lowest BCUT2D eigenvalue weighted by Gasteiger charge is -2.61. The van der Waals surface area contributed by atoms with Gasteiger partial charge in [0.2, 0.25) is 0 Å². The molecule has 11 heteroatoms. The van der Waals surface area contributed by atoms with Gasteiger partial charge in [-0.2, -0.15) is 0 Å². The summed E-state index contributed by atoms with van der Waals surface area (Å²) < 4.78 is 37.5. The fraction of sp³-hybridized carbons (Fsp3) is 0.590. The summed E-state index contributed by atoms with van der Waals surface area (Å²) in [6, 6.07) is 5.84. The molecule has 268 valence electrons. The van der Waals surface area contributed by atoms with Gasteiger partial charge in [0.15, 0.2) is 11.9 Å². The summed E-state index contributed by atoms with van der Waals surface area (Å²) in [6.07, 6.45) is 4.25. The molecule has 2 N–H and O–H groups in total. The molecule has 0 aromatic heterocycles. The van der Waals surface area contributed by atoms with Crippen molar-refractivity contribution in [2.75, 3.05) is 11.9 Å². The second kappa shape index (κ2) is 11.9. The minimum Gasteiger partial charge on any atom is -0.458 e. The van der Waals surface area contributed by atoms with Crippen LogP contribution in [0.3, 0.4) is 0 Å². The van der Waals surface area contributed by atoms with E-state index in [2.05, 4.69) is 5.32 Å². The number of benzene rings is 1. The molecule has 6 aliphatic rings. The molecule has 0 radical (unpaired) electrons. The number of carbonyl (C=O) groups is 4. The molecule has 50 heavy (non-hydrogen) atoms. The van der Waals surface area contributed by atoms with E-state index in [0.717, 1.165) is 11.1 Å². The molecule has 7 rings (SSSR count). The maximum absolute atomic E-state index is 14.0. The minimum atomic E-state index is -1.58. The highest BCUT2D eigenvalue weighted by Crippen LogP contribution is 2.74. The van der Waals surface area contributed by atoms with Crippen LogP contribution in [0, 0.1) is 34.4 Å². The van der Waals surface area contributed by atoms with E-state index in [1.165, 1.54) is 25.1 Å². The van der Waals surface area contributed by atoms with Gasteiger partial charge in [0, 0.05) is 42.5 Å². The van der Waals surface area contributed by atoms with Crippen LogP contribution in [0.1, 0.15) is 73.6 Å². The highest BCUT2D eigenvalue weighted by molar-refractivity contribution is 5.98. The smallest absolute Gasteiger partial charge is 0.333 e. The van der Waals surface area contributed by atoms with Gasteiger partial charge in [0.1, 0.15) is 29.2 Å². The van der Waals surface area contributed by atoms with E-state index in [9.17, 15) is 28.7 Å². The Hall–Kier alpha value is -3.83. The predicted molar refractivity (Wildman–Crippen MR) is 179 cm³/mol. The fourth-order valence-electron chi connectivity index (χ4n) is 10.3.